The van der Waals surface area contributed by atoms with Gasteiger partial charge in [0.1, 0.15) is 16.7 Å². The van der Waals surface area contributed by atoms with Crippen molar-refractivity contribution in [3.8, 4) is 11.1 Å². The zero-order valence-electron chi connectivity index (χ0n) is 18.0. The average Bonchev–Trinajstić information content (AvgIpc) is 2.82. The Bertz CT molecular complexity index is 1140. The van der Waals surface area contributed by atoms with Crippen molar-refractivity contribution in [2.75, 3.05) is 0 Å². The van der Waals surface area contributed by atoms with Crippen molar-refractivity contribution in [1.29, 1.82) is 0 Å². The second-order valence-corrected chi connectivity index (χ2v) is 8.66. The van der Waals surface area contributed by atoms with E-state index in [1.54, 1.807) is 0 Å². The summed E-state index contributed by atoms with van der Waals surface area (Å²) >= 11 is 5.55. The molecule has 0 nitrogen and oxygen atoms in total. The van der Waals surface area contributed by atoms with Crippen LogP contribution in [0.2, 0.25) is 5.02 Å². The lowest BCUT2D eigenvalue weighted by molar-refractivity contribution is 0.580. The molecule has 0 saturated heterocycles. The Kier molecular flexibility index (Phi) is 7.02. The minimum absolute atomic E-state index is 0.446. The highest BCUT2D eigenvalue weighted by atomic mass is 35.5. The summed E-state index contributed by atoms with van der Waals surface area (Å²) in [5, 5.41) is -0.446. The van der Waals surface area contributed by atoms with Crippen LogP contribution in [0.5, 0.6) is 0 Å². The highest BCUT2D eigenvalue weighted by Gasteiger charge is 2.09. The summed E-state index contributed by atoms with van der Waals surface area (Å²) in [7, 11) is 0. The van der Waals surface area contributed by atoms with Crippen molar-refractivity contribution >= 4 is 11.6 Å². The van der Waals surface area contributed by atoms with Crippen LogP contribution in [0, 0.1) is 11.6 Å². The smallest absolute Gasteiger partial charge is 0.145 e. The third kappa shape index (κ3) is 5.44. The maximum absolute atomic E-state index is 13.6. The summed E-state index contributed by atoms with van der Waals surface area (Å²) < 4.78 is 27.2. The Labute approximate surface area is 193 Å². The molecule has 0 saturated carbocycles. The van der Waals surface area contributed by atoms with Crippen LogP contribution in [0.4, 0.5) is 8.78 Å². The van der Waals surface area contributed by atoms with E-state index in [9.17, 15) is 8.78 Å². The molecular formula is C29H25ClF2. The van der Waals surface area contributed by atoms with Gasteiger partial charge in [-0.25, -0.2) is 8.78 Å². The van der Waals surface area contributed by atoms with Gasteiger partial charge in [-0.1, -0.05) is 97.4 Å². The fraction of sp³-hybridized carbons (Fsp3) is 0.172. The van der Waals surface area contributed by atoms with Crippen LogP contribution in [0.3, 0.4) is 0 Å². The van der Waals surface area contributed by atoms with Gasteiger partial charge in [0.2, 0.25) is 0 Å². The molecule has 4 aromatic carbocycles. The molecule has 0 bridgehead atoms. The third-order valence-corrected chi connectivity index (χ3v) is 6.26. The van der Waals surface area contributed by atoms with Crippen molar-refractivity contribution in [3.63, 3.8) is 0 Å². The van der Waals surface area contributed by atoms with E-state index in [0.29, 0.717) is 24.3 Å². The maximum Gasteiger partial charge on any atom is 0.145 e. The predicted octanol–water partition coefficient (Wildman–Crippen LogP) is 8.42. The average molecular weight is 447 g/mol. The van der Waals surface area contributed by atoms with E-state index < -0.39 is 16.7 Å². The fourth-order valence-electron chi connectivity index (χ4n) is 3.99. The molecule has 1 atom stereocenters. The molecule has 0 N–H and O–H groups in total. The summed E-state index contributed by atoms with van der Waals surface area (Å²) in [6.45, 7) is 2.26. The first-order valence-electron chi connectivity index (χ1n) is 10.9. The molecule has 0 heterocycles. The molecule has 0 aromatic heterocycles. The minimum Gasteiger partial charge on any atom is -0.205 e. The Morgan fingerprint density at radius 3 is 1.72 bits per heavy atom. The fourth-order valence-corrected chi connectivity index (χ4v) is 4.10. The number of hydrogen-bond donors (Lipinski definition) is 0. The molecule has 3 heteroatoms. The van der Waals surface area contributed by atoms with Crippen molar-refractivity contribution < 1.29 is 8.78 Å². The number of rotatable bonds is 7. The highest BCUT2D eigenvalue weighted by molar-refractivity contribution is 6.30. The van der Waals surface area contributed by atoms with Crippen LogP contribution in [-0.4, -0.2) is 0 Å². The van der Waals surface area contributed by atoms with Gasteiger partial charge in [0.05, 0.1) is 0 Å². The molecule has 0 unspecified atom stereocenters. The highest BCUT2D eigenvalue weighted by Crippen LogP contribution is 2.25. The van der Waals surface area contributed by atoms with E-state index in [2.05, 4.69) is 79.7 Å². The van der Waals surface area contributed by atoms with E-state index in [0.717, 1.165) is 17.5 Å². The van der Waals surface area contributed by atoms with Crippen LogP contribution >= 0.6 is 11.6 Å². The molecule has 0 fully saturated rings. The second kappa shape index (κ2) is 10.1. The lowest BCUT2D eigenvalue weighted by Gasteiger charge is -2.12. The number of aryl methyl sites for hydroxylation is 2. The number of benzene rings is 4. The molecule has 4 rings (SSSR count). The lowest BCUT2D eigenvalue weighted by atomic mass is 9.93. The minimum atomic E-state index is -0.710. The monoisotopic (exact) mass is 446 g/mol. The molecule has 0 radical (unpaired) electrons. The normalized spacial score (nSPS) is 12.0. The zero-order valence-corrected chi connectivity index (χ0v) is 18.7. The molecule has 0 aliphatic rings. The van der Waals surface area contributed by atoms with Crippen molar-refractivity contribution in [3.05, 3.63) is 130 Å². The van der Waals surface area contributed by atoms with Gasteiger partial charge in [0.25, 0.3) is 0 Å². The van der Waals surface area contributed by atoms with Gasteiger partial charge in [0, 0.05) is 0 Å². The standard InChI is InChI=1S/C29H25ClF2/c1-20(24-5-3-2-4-6-24)17-22-11-15-26(16-12-22)25-13-9-21(10-14-25)7-8-23-18-27(31)29(30)28(32)19-23/h2-6,9-16,18-20H,7-8,17H2,1H3/t20-/m1/s1. The van der Waals surface area contributed by atoms with Gasteiger partial charge in [-0.05, 0) is 70.7 Å². The van der Waals surface area contributed by atoms with Crippen molar-refractivity contribution in [2.45, 2.75) is 32.1 Å². The Hall–Kier alpha value is -2.97. The van der Waals surface area contributed by atoms with Crippen LogP contribution < -0.4 is 0 Å². The van der Waals surface area contributed by atoms with Crippen LogP contribution in [-0.2, 0) is 19.3 Å². The maximum atomic E-state index is 13.6. The SMILES string of the molecule is C[C@H](Cc1ccc(-c2ccc(CCc3cc(F)c(Cl)c(F)c3)cc2)cc1)c1ccccc1. The zero-order chi connectivity index (χ0) is 22.5. The van der Waals surface area contributed by atoms with E-state index in [4.69, 9.17) is 11.6 Å². The second-order valence-electron chi connectivity index (χ2n) is 8.28. The van der Waals surface area contributed by atoms with E-state index >= 15 is 0 Å². The molecule has 0 aliphatic carbocycles. The molecule has 0 aliphatic heterocycles. The van der Waals surface area contributed by atoms with Gasteiger partial charge >= 0.3 is 0 Å². The molecule has 0 spiro atoms. The van der Waals surface area contributed by atoms with Crippen molar-refractivity contribution in [1.82, 2.24) is 0 Å². The van der Waals surface area contributed by atoms with Gasteiger partial charge in [0.15, 0.2) is 0 Å². The molecular weight excluding hydrogens is 422 g/mol. The first kappa shape index (κ1) is 22.2. The topological polar surface area (TPSA) is 0 Å². The Morgan fingerprint density at radius 2 is 1.16 bits per heavy atom. The van der Waals surface area contributed by atoms with E-state index in [1.807, 2.05) is 6.07 Å². The van der Waals surface area contributed by atoms with Crippen LogP contribution in [0.25, 0.3) is 11.1 Å². The molecule has 0 amide bonds. The van der Waals surface area contributed by atoms with E-state index in [-0.39, 0.29) is 0 Å². The van der Waals surface area contributed by atoms with Crippen LogP contribution in [0.1, 0.15) is 35.1 Å². The number of halogens is 3. The molecule has 162 valence electrons. The van der Waals surface area contributed by atoms with Gasteiger partial charge < -0.3 is 0 Å². The number of hydrogen-bond acceptors (Lipinski definition) is 0. The lowest BCUT2D eigenvalue weighted by Crippen LogP contribution is -1.98. The summed E-state index contributed by atoms with van der Waals surface area (Å²) in [5.41, 5.74) is 6.74. The van der Waals surface area contributed by atoms with Gasteiger partial charge in [-0.2, -0.15) is 0 Å². The summed E-state index contributed by atoms with van der Waals surface area (Å²) in [4.78, 5) is 0. The van der Waals surface area contributed by atoms with E-state index in [1.165, 1.54) is 28.8 Å². The summed E-state index contributed by atoms with van der Waals surface area (Å²) in [6, 6.07) is 30.3. The Morgan fingerprint density at radius 1 is 0.656 bits per heavy atom. The third-order valence-electron chi connectivity index (χ3n) is 5.90. The summed E-state index contributed by atoms with van der Waals surface area (Å²) in [5.74, 6) is -0.943. The predicted molar refractivity (Wildman–Crippen MR) is 129 cm³/mol. The first-order chi connectivity index (χ1) is 15.5. The van der Waals surface area contributed by atoms with Crippen LogP contribution in [0.15, 0.2) is 91.0 Å². The quantitative estimate of drug-likeness (QED) is 0.250. The molecule has 4 aromatic rings. The summed E-state index contributed by atoms with van der Waals surface area (Å²) in [6.07, 6.45) is 2.27. The molecule has 32 heavy (non-hydrogen) atoms. The van der Waals surface area contributed by atoms with Gasteiger partial charge in [-0.3, -0.25) is 0 Å². The van der Waals surface area contributed by atoms with Gasteiger partial charge in [-0.15, -0.1) is 0 Å². The Balaban J connectivity index is 1.37. The largest absolute Gasteiger partial charge is 0.205 e. The van der Waals surface area contributed by atoms with Crippen molar-refractivity contribution in [2.24, 2.45) is 0 Å². The first-order valence-corrected chi connectivity index (χ1v) is 11.2.